The van der Waals surface area contributed by atoms with Crippen molar-refractivity contribution in [3.8, 4) is 0 Å². The largest absolute Gasteiger partial charge is 0.481 e. The number of carboxylic acids is 1. The molecule has 1 unspecified atom stereocenters. The molecular weight excluding hydrogens is 358 g/mol. The van der Waals surface area contributed by atoms with Crippen molar-refractivity contribution in [2.45, 2.75) is 38.1 Å². The number of carboxylic acid groups (broad SMARTS) is 1. The molecule has 1 fully saturated rings. The molecule has 1 saturated carbocycles. The van der Waals surface area contributed by atoms with Crippen molar-refractivity contribution in [2.24, 2.45) is 17.6 Å². The quantitative estimate of drug-likeness (QED) is 0.576. The van der Waals surface area contributed by atoms with E-state index >= 15 is 0 Å². The first-order chi connectivity index (χ1) is 12.4. The van der Waals surface area contributed by atoms with Crippen molar-refractivity contribution in [3.63, 3.8) is 0 Å². The highest BCUT2D eigenvalue weighted by Gasteiger charge is 2.27. The molecule has 1 aromatic rings. The Morgan fingerprint density at radius 2 is 1.85 bits per heavy atom. The fourth-order valence-electron chi connectivity index (χ4n) is 3.14. The van der Waals surface area contributed by atoms with Crippen LogP contribution < -0.4 is 16.4 Å². The molecule has 0 aliphatic heterocycles. The molecule has 8 heteroatoms. The van der Waals surface area contributed by atoms with Crippen molar-refractivity contribution in [1.82, 2.24) is 10.6 Å². The zero-order valence-electron chi connectivity index (χ0n) is 14.4. The zero-order chi connectivity index (χ0) is 19.1. The fraction of sp³-hybridized carbons (Fsp3) is 0.500. The van der Waals surface area contributed by atoms with Crippen molar-refractivity contribution in [2.75, 3.05) is 6.54 Å². The van der Waals surface area contributed by atoms with Gasteiger partial charge in [0.05, 0.1) is 11.8 Å². The SMILES string of the molecule is NC(=O)C(CNC(=O)NC1CCC(C(=O)O)CC1)Cc1ccccc1Cl. The zero-order valence-corrected chi connectivity index (χ0v) is 15.2. The van der Waals surface area contributed by atoms with Gasteiger partial charge in [0.15, 0.2) is 0 Å². The molecule has 3 amide bonds. The summed E-state index contributed by atoms with van der Waals surface area (Å²) in [5.41, 5.74) is 6.24. The number of nitrogens with two attached hydrogens (primary N) is 1. The van der Waals surface area contributed by atoms with E-state index in [4.69, 9.17) is 22.4 Å². The molecule has 2 rings (SSSR count). The highest BCUT2D eigenvalue weighted by Crippen LogP contribution is 2.24. The maximum absolute atomic E-state index is 12.1. The standard InChI is InChI=1S/C18H24ClN3O4/c19-15-4-2-1-3-12(15)9-13(16(20)23)10-21-18(26)22-14-7-5-11(6-8-14)17(24)25/h1-4,11,13-14H,5-10H2,(H2,20,23)(H,24,25)(H2,21,22,26). The molecule has 0 heterocycles. The van der Waals surface area contributed by atoms with Crippen LogP contribution in [0.3, 0.4) is 0 Å². The summed E-state index contributed by atoms with van der Waals surface area (Å²) < 4.78 is 0. The van der Waals surface area contributed by atoms with Gasteiger partial charge in [0.25, 0.3) is 0 Å². The summed E-state index contributed by atoms with van der Waals surface area (Å²) in [6.45, 7) is 0.108. The summed E-state index contributed by atoms with van der Waals surface area (Å²) in [6, 6.07) is 6.75. The van der Waals surface area contributed by atoms with Crippen LogP contribution in [-0.4, -0.2) is 35.6 Å². The van der Waals surface area contributed by atoms with Gasteiger partial charge in [-0.3, -0.25) is 9.59 Å². The van der Waals surface area contributed by atoms with Crippen molar-refractivity contribution < 1.29 is 19.5 Å². The second-order valence-corrected chi connectivity index (χ2v) is 7.04. The Labute approximate surface area is 157 Å². The highest BCUT2D eigenvalue weighted by atomic mass is 35.5. The average molecular weight is 382 g/mol. The number of rotatable bonds is 7. The summed E-state index contributed by atoms with van der Waals surface area (Å²) in [5.74, 6) is -2.18. The van der Waals surface area contributed by atoms with Gasteiger partial charge in [0.1, 0.15) is 0 Å². The molecule has 5 N–H and O–H groups in total. The maximum atomic E-state index is 12.1. The van der Waals surface area contributed by atoms with Crippen molar-refractivity contribution >= 4 is 29.5 Å². The normalized spacial score (nSPS) is 20.8. The minimum atomic E-state index is -0.781. The second kappa shape index (κ2) is 9.43. The van der Waals surface area contributed by atoms with Gasteiger partial charge in [-0.15, -0.1) is 0 Å². The third-order valence-electron chi connectivity index (χ3n) is 4.75. The van der Waals surface area contributed by atoms with E-state index in [0.717, 1.165) is 5.56 Å². The topological polar surface area (TPSA) is 122 Å². The summed E-state index contributed by atoms with van der Waals surface area (Å²) >= 11 is 6.10. The molecule has 1 aromatic carbocycles. The van der Waals surface area contributed by atoms with Crippen LogP contribution in [0.5, 0.6) is 0 Å². The number of carbonyl (C=O) groups excluding carboxylic acids is 2. The lowest BCUT2D eigenvalue weighted by Gasteiger charge is -2.27. The minimum absolute atomic E-state index is 0.0544. The third kappa shape index (κ3) is 5.91. The number of benzene rings is 1. The first-order valence-electron chi connectivity index (χ1n) is 8.66. The van der Waals surface area contributed by atoms with Gasteiger partial charge in [-0.2, -0.15) is 0 Å². The summed E-state index contributed by atoms with van der Waals surface area (Å²) in [6.07, 6.45) is 2.71. The van der Waals surface area contributed by atoms with E-state index in [1.165, 1.54) is 0 Å². The summed E-state index contributed by atoms with van der Waals surface area (Å²) in [4.78, 5) is 34.7. The van der Waals surface area contributed by atoms with Crippen LogP contribution in [0.2, 0.25) is 5.02 Å². The van der Waals surface area contributed by atoms with Gasteiger partial charge >= 0.3 is 12.0 Å². The number of aliphatic carboxylic acids is 1. The predicted molar refractivity (Wildman–Crippen MR) is 97.8 cm³/mol. The molecule has 7 nitrogen and oxygen atoms in total. The van der Waals surface area contributed by atoms with Crippen molar-refractivity contribution in [1.29, 1.82) is 0 Å². The number of urea groups is 1. The molecule has 1 atom stereocenters. The molecule has 142 valence electrons. The molecule has 0 radical (unpaired) electrons. The van der Waals surface area contributed by atoms with Crippen molar-refractivity contribution in [3.05, 3.63) is 34.9 Å². The molecule has 0 aromatic heterocycles. The van der Waals surface area contributed by atoms with E-state index in [1.807, 2.05) is 12.1 Å². The second-order valence-electron chi connectivity index (χ2n) is 6.64. The number of halogens is 1. The Morgan fingerprint density at radius 3 is 2.42 bits per heavy atom. The average Bonchev–Trinajstić information content (AvgIpc) is 2.60. The van der Waals surface area contributed by atoms with Crippen LogP contribution in [-0.2, 0) is 16.0 Å². The molecule has 0 bridgehead atoms. The molecule has 0 spiro atoms. The Morgan fingerprint density at radius 1 is 1.19 bits per heavy atom. The smallest absolute Gasteiger partial charge is 0.315 e. The first kappa shape index (κ1) is 20.0. The summed E-state index contributed by atoms with van der Waals surface area (Å²) in [5, 5.41) is 15.0. The monoisotopic (exact) mass is 381 g/mol. The number of hydrogen-bond donors (Lipinski definition) is 4. The molecule has 1 aliphatic rings. The maximum Gasteiger partial charge on any atom is 0.315 e. The van der Waals surface area contributed by atoms with Crippen LogP contribution in [0.1, 0.15) is 31.2 Å². The van der Waals surface area contributed by atoms with Crippen LogP contribution in [0, 0.1) is 11.8 Å². The van der Waals surface area contributed by atoms with Crippen LogP contribution >= 0.6 is 11.6 Å². The minimum Gasteiger partial charge on any atom is -0.481 e. The Balaban J connectivity index is 1.80. The Bertz CT molecular complexity index is 660. The van der Waals surface area contributed by atoms with Gasteiger partial charge in [-0.05, 0) is 43.7 Å². The van der Waals surface area contributed by atoms with Crippen LogP contribution in [0.4, 0.5) is 4.79 Å². The number of amides is 3. The van der Waals surface area contributed by atoms with E-state index < -0.39 is 17.8 Å². The van der Waals surface area contributed by atoms with Gasteiger partial charge in [-0.1, -0.05) is 29.8 Å². The predicted octanol–water partition coefficient (Wildman–Crippen LogP) is 1.93. The van der Waals surface area contributed by atoms with Gasteiger partial charge in [0.2, 0.25) is 5.91 Å². The van der Waals surface area contributed by atoms with Crippen LogP contribution in [0.15, 0.2) is 24.3 Å². The van der Waals surface area contributed by atoms with Crippen LogP contribution in [0.25, 0.3) is 0 Å². The molecular formula is C18H24ClN3O4. The van der Waals surface area contributed by atoms with E-state index in [2.05, 4.69) is 10.6 Å². The van der Waals surface area contributed by atoms with E-state index in [0.29, 0.717) is 37.1 Å². The van der Waals surface area contributed by atoms with Gasteiger partial charge in [0, 0.05) is 17.6 Å². The third-order valence-corrected chi connectivity index (χ3v) is 5.12. The number of hydrogen-bond acceptors (Lipinski definition) is 3. The highest BCUT2D eigenvalue weighted by molar-refractivity contribution is 6.31. The molecule has 0 saturated heterocycles. The lowest BCUT2D eigenvalue weighted by atomic mass is 9.86. The van der Waals surface area contributed by atoms with E-state index in [1.54, 1.807) is 12.1 Å². The molecule has 1 aliphatic carbocycles. The number of nitrogens with one attached hydrogen (secondary N) is 2. The number of carbonyl (C=O) groups is 3. The summed E-state index contributed by atoms with van der Waals surface area (Å²) in [7, 11) is 0. The lowest BCUT2D eigenvalue weighted by Crippen LogP contribution is -2.46. The Hall–Kier alpha value is -2.28. The van der Waals surface area contributed by atoms with E-state index in [9.17, 15) is 14.4 Å². The fourth-order valence-corrected chi connectivity index (χ4v) is 3.35. The van der Waals surface area contributed by atoms with Gasteiger partial charge < -0.3 is 21.5 Å². The number of primary amides is 1. The molecule has 26 heavy (non-hydrogen) atoms. The lowest BCUT2D eigenvalue weighted by molar-refractivity contribution is -0.142. The Kier molecular flexibility index (Phi) is 7.26. The first-order valence-corrected chi connectivity index (χ1v) is 9.04. The van der Waals surface area contributed by atoms with Gasteiger partial charge in [-0.25, -0.2) is 4.79 Å². The van der Waals surface area contributed by atoms with E-state index in [-0.39, 0.29) is 24.5 Å².